The van der Waals surface area contributed by atoms with E-state index in [1.165, 1.54) is 6.92 Å². The summed E-state index contributed by atoms with van der Waals surface area (Å²) in [5, 5.41) is 15.0. The number of benzene rings is 2. The molecule has 1 fully saturated rings. The average Bonchev–Trinajstić information content (AvgIpc) is 2.97. The lowest BCUT2D eigenvalue weighted by Gasteiger charge is -2.34. The van der Waals surface area contributed by atoms with Gasteiger partial charge in [-0.05, 0) is 66.8 Å². The number of amides is 4. The van der Waals surface area contributed by atoms with E-state index in [1.807, 2.05) is 12.1 Å². The summed E-state index contributed by atoms with van der Waals surface area (Å²) in [4.78, 5) is 47.8. The molecule has 1 aliphatic heterocycles. The van der Waals surface area contributed by atoms with Gasteiger partial charge in [-0.3, -0.25) is 14.9 Å². The van der Waals surface area contributed by atoms with Gasteiger partial charge >= 0.3 is 11.9 Å². The van der Waals surface area contributed by atoms with E-state index in [2.05, 4.69) is 27.2 Å². The predicted octanol–water partition coefficient (Wildman–Crippen LogP) is 4.51. The minimum absolute atomic E-state index is 0.155. The predicted molar refractivity (Wildman–Crippen MR) is 145 cm³/mol. The zero-order chi connectivity index (χ0) is 27.7. The molecule has 200 valence electrons. The number of carbonyl (C=O) groups is 3. The standard InChI is InChI=1S/C29H30N6O4/c1-21(36)35(15-5-2-6-16-35)29(38)33-27-17-24(13-14-31-27)19-32-26-8-4-3-7-25(26)28(37)34-39-20-23-11-9-22(18-30)10-12-23/h3-4,7-14,17H,2,5-6,15-16,19-20H2,1H3,(H2-,31,32,33,34,37,38)/p+1. The third-order valence-corrected chi connectivity index (χ3v) is 6.77. The van der Waals surface area contributed by atoms with E-state index in [0.717, 1.165) is 30.4 Å². The van der Waals surface area contributed by atoms with Gasteiger partial charge in [0.05, 0.1) is 43.8 Å². The van der Waals surface area contributed by atoms with Crippen molar-refractivity contribution < 1.29 is 23.7 Å². The summed E-state index contributed by atoms with van der Waals surface area (Å²) in [7, 11) is 0. The third-order valence-electron chi connectivity index (χ3n) is 6.77. The van der Waals surface area contributed by atoms with Crippen LogP contribution in [0.4, 0.5) is 16.3 Å². The number of hydrogen-bond acceptors (Lipinski definition) is 7. The Labute approximate surface area is 227 Å². The van der Waals surface area contributed by atoms with Crippen LogP contribution in [0.3, 0.4) is 0 Å². The lowest BCUT2D eigenvalue weighted by atomic mass is 10.1. The molecule has 4 rings (SSSR count). The van der Waals surface area contributed by atoms with Crippen molar-refractivity contribution in [3.05, 3.63) is 89.1 Å². The second-order valence-electron chi connectivity index (χ2n) is 9.40. The largest absolute Gasteiger partial charge is 0.429 e. The van der Waals surface area contributed by atoms with E-state index in [0.29, 0.717) is 42.3 Å². The van der Waals surface area contributed by atoms with Crippen LogP contribution in [-0.2, 0) is 22.8 Å². The highest BCUT2D eigenvalue weighted by Crippen LogP contribution is 2.22. The first kappa shape index (κ1) is 27.4. The molecule has 3 N–H and O–H groups in total. The van der Waals surface area contributed by atoms with E-state index in [1.54, 1.807) is 54.7 Å². The van der Waals surface area contributed by atoms with Crippen molar-refractivity contribution in [3.63, 3.8) is 0 Å². The molecule has 0 spiro atoms. The van der Waals surface area contributed by atoms with Gasteiger partial charge in [0, 0.05) is 18.4 Å². The molecule has 0 atom stereocenters. The van der Waals surface area contributed by atoms with Crippen molar-refractivity contribution in [2.24, 2.45) is 0 Å². The van der Waals surface area contributed by atoms with Crippen LogP contribution in [0.2, 0.25) is 0 Å². The molecule has 39 heavy (non-hydrogen) atoms. The second-order valence-corrected chi connectivity index (χ2v) is 9.40. The fraction of sp³-hybridized carbons (Fsp3) is 0.276. The van der Waals surface area contributed by atoms with Crippen molar-refractivity contribution >= 4 is 29.4 Å². The lowest BCUT2D eigenvalue weighted by molar-refractivity contribution is -0.776. The first-order valence-electron chi connectivity index (χ1n) is 12.8. The molecule has 10 nitrogen and oxygen atoms in total. The number of urea groups is 1. The van der Waals surface area contributed by atoms with Crippen LogP contribution in [0.25, 0.3) is 0 Å². The van der Waals surface area contributed by atoms with Crippen LogP contribution in [0.1, 0.15) is 53.2 Å². The monoisotopic (exact) mass is 527 g/mol. The van der Waals surface area contributed by atoms with E-state index < -0.39 is 5.91 Å². The minimum Gasteiger partial charge on any atom is -0.380 e. The molecule has 4 amide bonds. The van der Waals surface area contributed by atoms with Gasteiger partial charge in [-0.1, -0.05) is 24.3 Å². The van der Waals surface area contributed by atoms with Gasteiger partial charge in [0.1, 0.15) is 5.82 Å². The van der Waals surface area contributed by atoms with Gasteiger partial charge in [0.2, 0.25) is 0 Å². The van der Waals surface area contributed by atoms with Gasteiger partial charge in [-0.2, -0.15) is 9.74 Å². The summed E-state index contributed by atoms with van der Waals surface area (Å²) < 4.78 is -0.208. The minimum atomic E-state index is -0.408. The van der Waals surface area contributed by atoms with E-state index in [-0.39, 0.29) is 23.0 Å². The Balaban J connectivity index is 1.35. The van der Waals surface area contributed by atoms with Crippen LogP contribution < -0.4 is 16.1 Å². The SMILES string of the molecule is CC(=O)[N+]1(C(=O)Nc2cc(CNc3ccccc3C(=O)NOCc3ccc(C#N)cc3)ccn2)CCCCC1. The molecule has 2 aromatic carbocycles. The van der Waals surface area contributed by atoms with Crippen LogP contribution in [0.15, 0.2) is 66.9 Å². The van der Waals surface area contributed by atoms with Crippen LogP contribution in [0.5, 0.6) is 0 Å². The number of rotatable bonds is 8. The number of quaternary nitrogens is 1. The number of aromatic nitrogens is 1. The molecular weight excluding hydrogens is 496 g/mol. The Morgan fingerprint density at radius 1 is 1.00 bits per heavy atom. The number of hydroxylamine groups is 1. The average molecular weight is 528 g/mol. The number of pyridine rings is 1. The number of likely N-dealkylation sites (tertiary alicyclic amines) is 1. The smallest absolute Gasteiger partial charge is 0.380 e. The Morgan fingerprint density at radius 3 is 2.46 bits per heavy atom. The number of piperidine rings is 1. The van der Waals surface area contributed by atoms with Gasteiger partial charge < -0.3 is 5.32 Å². The van der Waals surface area contributed by atoms with Crippen molar-refractivity contribution in [1.29, 1.82) is 5.26 Å². The highest BCUT2D eigenvalue weighted by Gasteiger charge is 2.43. The van der Waals surface area contributed by atoms with Gasteiger partial charge in [-0.25, -0.2) is 20.1 Å². The number of nitriles is 1. The molecule has 2 heterocycles. The second kappa shape index (κ2) is 12.8. The third kappa shape index (κ3) is 6.84. The summed E-state index contributed by atoms with van der Waals surface area (Å²) >= 11 is 0. The molecule has 0 unspecified atom stereocenters. The fourth-order valence-electron chi connectivity index (χ4n) is 4.53. The van der Waals surface area contributed by atoms with E-state index in [4.69, 9.17) is 10.1 Å². The summed E-state index contributed by atoms with van der Waals surface area (Å²) in [6.07, 6.45) is 4.27. The normalized spacial score (nSPS) is 14.1. The van der Waals surface area contributed by atoms with Crippen molar-refractivity contribution in [2.45, 2.75) is 39.3 Å². The number of imide groups is 1. The van der Waals surface area contributed by atoms with Crippen molar-refractivity contribution in [1.82, 2.24) is 10.5 Å². The molecule has 0 bridgehead atoms. The summed E-state index contributed by atoms with van der Waals surface area (Å²) in [5.74, 6) is -0.208. The number of nitrogens with one attached hydrogen (secondary N) is 3. The molecule has 0 radical (unpaired) electrons. The van der Waals surface area contributed by atoms with Gasteiger partial charge in [-0.15, -0.1) is 0 Å². The number of hydrogen-bond donors (Lipinski definition) is 3. The fourth-order valence-corrected chi connectivity index (χ4v) is 4.53. The number of carbonyl (C=O) groups excluding carboxylic acids is 3. The molecule has 1 saturated heterocycles. The van der Waals surface area contributed by atoms with Crippen LogP contribution >= 0.6 is 0 Å². The zero-order valence-corrected chi connectivity index (χ0v) is 21.8. The Bertz CT molecular complexity index is 1380. The molecule has 1 aromatic heterocycles. The molecule has 10 heteroatoms. The quantitative estimate of drug-likeness (QED) is 0.290. The zero-order valence-electron chi connectivity index (χ0n) is 21.8. The van der Waals surface area contributed by atoms with Crippen molar-refractivity contribution in [3.8, 4) is 6.07 Å². The highest BCUT2D eigenvalue weighted by molar-refractivity contribution is 5.99. The Hall–Kier alpha value is -4.59. The number of para-hydroxylation sites is 1. The van der Waals surface area contributed by atoms with Gasteiger partial charge in [0.15, 0.2) is 0 Å². The molecule has 0 saturated carbocycles. The summed E-state index contributed by atoms with van der Waals surface area (Å²) in [6.45, 7) is 2.98. The topological polar surface area (TPSA) is 133 Å². The number of anilines is 2. The maximum Gasteiger partial charge on any atom is 0.429 e. The van der Waals surface area contributed by atoms with E-state index >= 15 is 0 Å². The molecule has 3 aromatic rings. The first-order chi connectivity index (χ1) is 18.9. The number of nitrogens with zero attached hydrogens (tertiary/aromatic N) is 3. The Kier molecular flexibility index (Phi) is 8.99. The van der Waals surface area contributed by atoms with Crippen LogP contribution in [-0.4, -0.2) is 40.4 Å². The molecule has 1 aliphatic rings. The van der Waals surface area contributed by atoms with Crippen molar-refractivity contribution in [2.75, 3.05) is 23.7 Å². The summed E-state index contributed by atoms with van der Waals surface area (Å²) in [6, 6.07) is 19.2. The maximum absolute atomic E-state index is 13.1. The Morgan fingerprint density at radius 2 is 1.74 bits per heavy atom. The molecule has 0 aliphatic carbocycles. The van der Waals surface area contributed by atoms with Gasteiger partial charge in [0.25, 0.3) is 5.91 Å². The first-order valence-corrected chi connectivity index (χ1v) is 12.8. The van der Waals surface area contributed by atoms with Crippen LogP contribution in [0, 0.1) is 11.3 Å². The highest BCUT2D eigenvalue weighted by atomic mass is 16.6. The molecular formula is C29H31N6O4+. The summed E-state index contributed by atoms with van der Waals surface area (Å²) in [5.41, 5.74) is 5.67. The van der Waals surface area contributed by atoms with E-state index in [9.17, 15) is 14.4 Å². The maximum atomic E-state index is 13.1. The lowest BCUT2D eigenvalue weighted by Crippen LogP contribution is -2.60.